The summed E-state index contributed by atoms with van der Waals surface area (Å²) in [5.41, 5.74) is 2.03. The van der Waals surface area contributed by atoms with Gasteiger partial charge in [0, 0.05) is 5.54 Å². The fourth-order valence-corrected chi connectivity index (χ4v) is 3.12. The van der Waals surface area contributed by atoms with Crippen LogP contribution in [0.1, 0.15) is 52.8 Å². The highest BCUT2D eigenvalue weighted by molar-refractivity contribution is 6.16. The second-order valence-corrected chi connectivity index (χ2v) is 6.30. The molecule has 4 heteroatoms. The molecular weight excluding hydrogens is 284 g/mol. The van der Waals surface area contributed by atoms with Crippen LogP contribution in [0.3, 0.4) is 0 Å². The van der Waals surface area contributed by atoms with Crippen LogP contribution in [0.25, 0.3) is 11.0 Å². The van der Waals surface area contributed by atoms with Crippen LogP contribution in [0.15, 0.2) is 18.2 Å². The van der Waals surface area contributed by atoms with Gasteiger partial charge in [0.05, 0.1) is 18.0 Å². The van der Waals surface area contributed by atoms with E-state index in [9.17, 15) is 0 Å². The largest absolute Gasteiger partial charge is 0.491 e. The zero-order valence-corrected chi connectivity index (χ0v) is 14.2. The van der Waals surface area contributed by atoms with Crippen LogP contribution in [0.2, 0.25) is 0 Å². The van der Waals surface area contributed by atoms with Crippen LogP contribution >= 0.6 is 11.6 Å². The average Bonchev–Trinajstić information content (AvgIpc) is 2.84. The summed E-state index contributed by atoms with van der Waals surface area (Å²) >= 11 is 6.14. The Morgan fingerprint density at radius 3 is 2.62 bits per heavy atom. The number of ether oxygens (including phenoxy) is 1. The zero-order valence-electron chi connectivity index (χ0n) is 13.4. The van der Waals surface area contributed by atoms with E-state index in [4.69, 9.17) is 21.3 Å². The quantitative estimate of drug-likeness (QED) is 0.665. The topological polar surface area (TPSA) is 27.1 Å². The van der Waals surface area contributed by atoms with Gasteiger partial charge >= 0.3 is 0 Å². The fourth-order valence-electron chi connectivity index (χ4n) is 2.94. The minimum atomic E-state index is -0.00287. The number of nitrogens with zero attached hydrogens (tertiary/aromatic N) is 2. The molecule has 0 spiro atoms. The second kappa shape index (κ2) is 6.69. The monoisotopic (exact) mass is 308 g/mol. The third kappa shape index (κ3) is 3.18. The Hall–Kier alpha value is -1.22. The molecule has 1 aromatic carbocycles. The molecular formula is C17H25ClN2O. The maximum atomic E-state index is 6.14. The van der Waals surface area contributed by atoms with E-state index in [-0.39, 0.29) is 5.54 Å². The molecule has 0 N–H and O–H groups in total. The van der Waals surface area contributed by atoms with Crippen LogP contribution in [0.5, 0.6) is 5.75 Å². The fraction of sp³-hybridized carbons (Fsp3) is 0.588. The maximum Gasteiger partial charge on any atom is 0.147 e. The van der Waals surface area contributed by atoms with Crippen LogP contribution in [0, 0.1) is 0 Å². The van der Waals surface area contributed by atoms with E-state index in [0.29, 0.717) is 12.5 Å². The highest BCUT2D eigenvalue weighted by atomic mass is 35.5. The molecule has 116 valence electrons. The van der Waals surface area contributed by atoms with Crippen molar-refractivity contribution in [3.63, 3.8) is 0 Å². The van der Waals surface area contributed by atoms with Crippen molar-refractivity contribution < 1.29 is 4.74 Å². The smallest absolute Gasteiger partial charge is 0.147 e. The maximum absolute atomic E-state index is 6.14. The zero-order chi connectivity index (χ0) is 15.5. The van der Waals surface area contributed by atoms with Crippen molar-refractivity contribution in [3.8, 4) is 5.75 Å². The molecule has 1 aromatic heterocycles. The number of imidazole rings is 1. The number of aromatic nitrogens is 2. The summed E-state index contributed by atoms with van der Waals surface area (Å²) in [4.78, 5) is 4.74. The van der Waals surface area contributed by atoms with Crippen molar-refractivity contribution in [2.45, 2.75) is 58.4 Å². The van der Waals surface area contributed by atoms with Gasteiger partial charge in [-0.2, -0.15) is 0 Å². The molecule has 21 heavy (non-hydrogen) atoms. The SMILES string of the molecule is CCCOc1cccc2c1nc(CCl)n2C(C)(C)CCC. The van der Waals surface area contributed by atoms with Crippen molar-refractivity contribution in [2.24, 2.45) is 0 Å². The minimum Gasteiger partial charge on any atom is -0.491 e. The molecule has 0 amide bonds. The van der Waals surface area contributed by atoms with E-state index >= 15 is 0 Å². The van der Waals surface area contributed by atoms with Gasteiger partial charge in [0.2, 0.25) is 0 Å². The van der Waals surface area contributed by atoms with Gasteiger partial charge in [-0.1, -0.05) is 26.3 Å². The third-order valence-electron chi connectivity index (χ3n) is 3.77. The van der Waals surface area contributed by atoms with Gasteiger partial charge < -0.3 is 9.30 Å². The van der Waals surface area contributed by atoms with E-state index in [1.807, 2.05) is 12.1 Å². The Morgan fingerprint density at radius 2 is 2.00 bits per heavy atom. The third-order valence-corrected chi connectivity index (χ3v) is 4.00. The van der Waals surface area contributed by atoms with Crippen molar-refractivity contribution in [2.75, 3.05) is 6.61 Å². The second-order valence-electron chi connectivity index (χ2n) is 6.03. The first-order valence-corrected chi connectivity index (χ1v) is 8.28. The van der Waals surface area contributed by atoms with Gasteiger partial charge in [-0.3, -0.25) is 0 Å². The molecule has 0 aliphatic carbocycles. The summed E-state index contributed by atoms with van der Waals surface area (Å²) < 4.78 is 8.11. The number of alkyl halides is 1. The number of rotatable bonds is 7. The molecule has 0 fully saturated rings. The number of para-hydroxylation sites is 1. The summed E-state index contributed by atoms with van der Waals surface area (Å²) in [6, 6.07) is 6.13. The first-order chi connectivity index (χ1) is 10.0. The van der Waals surface area contributed by atoms with Gasteiger partial charge in [-0.05, 0) is 38.8 Å². The molecule has 0 saturated carbocycles. The summed E-state index contributed by atoms with van der Waals surface area (Å²) in [5, 5.41) is 0. The molecule has 0 saturated heterocycles. The summed E-state index contributed by atoms with van der Waals surface area (Å²) in [6.45, 7) is 9.51. The average molecular weight is 309 g/mol. The number of hydrogen-bond acceptors (Lipinski definition) is 2. The number of hydrogen-bond donors (Lipinski definition) is 0. The van der Waals surface area contributed by atoms with Gasteiger partial charge in [-0.25, -0.2) is 4.98 Å². The lowest BCUT2D eigenvalue weighted by Crippen LogP contribution is -2.27. The van der Waals surface area contributed by atoms with E-state index in [1.54, 1.807) is 0 Å². The van der Waals surface area contributed by atoms with Gasteiger partial charge in [0.15, 0.2) is 0 Å². The molecule has 0 aliphatic rings. The first-order valence-electron chi connectivity index (χ1n) is 7.74. The minimum absolute atomic E-state index is 0.00287. The normalized spacial score (nSPS) is 12.0. The predicted octanol–water partition coefficient (Wildman–Crippen LogP) is 5.10. The van der Waals surface area contributed by atoms with Crippen molar-refractivity contribution in [3.05, 3.63) is 24.0 Å². The van der Waals surface area contributed by atoms with Crippen LogP contribution in [-0.4, -0.2) is 16.2 Å². The molecule has 0 radical (unpaired) electrons. The van der Waals surface area contributed by atoms with Crippen LogP contribution < -0.4 is 4.74 Å². The number of halogens is 1. The van der Waals surface area contributed by atoms with Gasteiger partial charge in [0.1, 0.15) is 17.1 Å². The Morgan fingerprint density at radius 1 is 1.24 bits per heavy atom. The molecule has 0 bridgehead atoms. The number of benzene rings is 1. The Balaban J connectivity index is 2.59. The van der Waals surface area contributed by atoms with E-state index < -0.39 is 0 Å². The first kappa shape index (κ1) is 16.2. The lowest BCUT2D eigenvalue weighted by molar-refractivity contribution is 0.320. The lowest BCUT2D eigenvalue weighted by atomic mass is 9.98. The van der Waals surface area contributed by atoms with Crippen molar-refractivity contribution >= 4 is 22.6 Å². The van der Waals surface area contributed by atoms with E-state index in [2.05, 4.69) is 38.3 Å². The summed E-state index contributed by atoms with van der Waals surface area (Å²) in [5.74, 6) is 2.18. The highest BCUT2D eigenvalue weighted by Gasteiger charge is 2.25. The van der Waals surface area contributed by atoms with Crippen molar-refractivity contribution in [1.82, 2.24) is 9.55 Å². The lowest BCUT2D eigenvalue weighted by Gasteiger charge is -2.29. The Bertz CT molecular complexity index is 604. The van der Waals surface area contributed by atoms with Gasteiger partial charge in [-0.15, -0.1) is 11.6 Å². The molecule has 1 heterocycles. The summed E-state index contributed by atoms with van der Waals surface area (Å²) in [7, 11) is 0. The van der Waals surface area contributed by atoms with Crippen LogP contribution in [0.4, 0.5) is 0 Å². The molecule has 2 rings (SSSR count). The predicted molar refractivity (Wildman–Crippen MR) is 89.3 cm³/mol. The molecule has 3 nitrogen and oxygen atoms in total. The Kier molecular flexibility index (Phi) is 5.15. The highest BCUT2D eigenvalue weighted by Crippen LogP contribution is 2.33. The molecule has 2 aromatic rings. The van der Waals surface area contributed by atoms with Crippen LogP contribution in [-0.2, 0) is 11.4 Å². The van der Waals surface area contributed by atoms with Crippen molar-refractivity contribution in [1.29, 1.82) is 0 Å². The van der Waals surface area contributed by atoms with E-state index in [1.165, 1.54) is 0 Å². The molecule has 0 aliphatic heterocycles. The Labute approximate surface area is 132 Å². The van der Waals surface area contributed by atoms with E-state index in [0.717, 1.165) is 41.9 Å². The van der Waals surface area contributed by atoms with Gasteiger partial charge in [0.25, 0.3) is 0 Å². The number of fused-ring (bicyclic) bond motifs is 1. The molecule has 0 atom stereocenters. The summed E-state index contributed by atoms with van der Waals surface area (Å²) in [6.07, 6.45) is 3.20. The standard InChI is InChI=1S/C17H25ClN2O/c1-5-10-17(3,4)20-13-8-7-9-14(21-11-6-2)16(13)19-15(20)12-18/h7-9H,5-6,10-12H2,1-4H3. The molecule has 0 unspecified atom stereocenters.